The maximum absolute atomic E-state index is 13.1. The van der Waals surface area contributed by atoms with E-state index < -0.39 is 5.97 Å². The van der Waals surface area contributed by atoms with Gasteiger partial charge in [0.2, 0.25) is 0 Å². The van der Waals surface area contributed by atoms with Crippen LogP contribution in [0.1, 0.15) is 40.8 Å². The Hall–Kier alpha value is -3.40. The van der Waals surface area contributed by atoms with Crippen LogP contribution in [-0.4, -0.2) is 52.1 Å². The van der Waals surface area contributed by atoms with Crippen LogP contribution in [0.4, 0.5) is 0 Å². The highest BCUT2D eigenvalue weighted by molar-refractivity contribution is 5.97. The van der Waals surface area contributed by atoms with E-state index in [1.807, 2.05) is 0 Å². The first-order chi connectivity index (χ1) is 14.3. The van der Waals surface area contributed by atoms with E-state index in [2.05, 4.69) is 9.97 Å². The molecule has 0 unspecified atom stereocenters. The molecule has 10 heteroatoms. The monoisotopic (exact) mass is 418 g/mol. The molecule has 162 valence electrons. The molecule has 1 aliphatic rings. The summed E-state index contributed by atoms with van der Waals surface area (Å²) in [7, 11) is 1.54. The molecule has 1 aliphatic heterocycles. The SMILES string of the molecule is CC(=O)O.COc1ccc(OCCCN)c(C(=O)N2Cc3nc(C)[nH]c(=O)c3C2)c1. The van der Waals surface area contributed by atoms with Gasteiger partial charge in [-0.25, -0.2) is 4.98 Å². The molecular weight excluding hydrogens is 392 g/mol. The molecule has 0 saturated heterocycles. The topological polar surface area (TPSA) is 148 Å². The standard InChI is InChI=1S/C18H22N4O4.C2H4O2/c1-11-20-15-10-22(9-14(15)17(23)21-11)18(24)13-8-12(25-2)4-5-16(13)26-7-3-6-19;1-2(3)4/h4-5,8H,3,6-7,9-10,19H2,1-2H3,(H,20,21,23);1H3,(H,3,4). The van der Waals surface area contributed by atoms with E-state index in [1.54, 1.807) is 30.0 Å². The number of amides is 1. The maximum Gasteiger partial charge on any atom is 0.300 e. The van der Waals surface area contributed by atoms with E-state index >= 15 is 0 Å². The highest BCUT2D eigenvalue weighted by Gasteiger charge is 2.29. The Bertz CT molecular complexity index is 968. The van der Waals surface area contributed by atoms with Crippen molar-refractivity contribution in [3.63, 3.8) is 0 Å². The number of fused-ring (bicyclic) bond motifs is 1. The van der Waals surface area contributed by atoms with Crippen molar-refractivity contribution in [2.24, 2.45) is 5.73 Å². The van der Waals surface area contributed by atoms with Gasteiger partial charge in [-0.15, -0.1) is 0 Å². The Balaban J connectivity index is 0.000000735. The van der Waals surface area contributed by atoms with Crippen molar-refractivity contribution >= 4 is 11.9 Å². The summed E-state index contributed by atoms with van der Waals surface area (Å²) >= 11 is 0. The third kappa shape index (κ3) is 5.80. The molecule has 0 radical (unpaired) electrons. The fourth-order valence-electron chi connectivity index (χ4n) is 2.90. The zero-order chi connectivity index (χ0) is 22.3. The third-order valence-corrected chi connectivity index (χ3v) is 4.22. The summed E-state index contributed by atoms with van der Waals surface area (Å²) in [6.07, 6.45) is 0.688. The van der Waals surface area contributed by atoms with Crippen LogP contribution in [0.2, 0.25) is 0 Å². The molecule has 1 aromatic carbocycles. The quantitative estimate of drug-likeness (QED) is 0.590. The molecule has 30 heavy (non-hydrogen) atoms. The highest BCUT2D eigenvalue weighted by Crippen LogP contribution is 2.28. The number of methoxy groups -OCH3 is 1. The minimum atomic E-state index is -0.833. The lowest BCUT2D eigenvalue weighted by Crippen LogP contribution is -2.27. The van der Waals surface area contributed by atoms with Crippen molar-refractivity contribution in [3.05, 3.63) is 51.2 Å². The average molecular weight is 418 g/mol. The summed E-state index contributed by atoms with van der Waals surface area (Å²) in [5.41, 5.74) is 6.84. The molecule has 0 fully saturated rings. The third-order valence-electron chi connectivity index (χ3n) is 4.22. The molecule has 3 rings (SSSR count). The van der Waals surface area contributed by atoms with Crippen molar-refractivity contribution in [3.8, 4) is 11.5 Å². The van der Waals surface area contributed by atoms with Crippen molar-refractivity contribution in [1.29, 1.82) is 0 Å². The van der Waals surface area contributed by atoms with Gasteiger partial charge in [0, 0.05) is 6.92 Å². The number of carbonyl (C=O) groups excluding carboxylic acids is 1. The molecule has 1 aromatic heterocycles. The minimum absolute atomic E-state index is 0.201. The number of carboxylic acid groups (broad SMARTS) is 1. The predicted molar refractivity (Wildman–Crippen MR) is 109 cm³/mol. The van der Waals surface area contributed by atoms with Crippen molar-refractivity contribution in [1.82, 2.24) is 14.9 Å². The van der Waals surface area contributed by atoms with Crippen LogP contribution in [-0.2, 0) is 17.9 Å². The van der Waals surface area contributed by atoms with Gasteiger partial charge in [-0.2, -0.15) is 0 Å². The number of H-pyrrole nitrogens is 1. The second-order valence-corrected chi connectivity index (χ2v) is 6.61. The van der Waals surface area contributed by atoms with Gasteiger partial charge in [0.15, 0.2) is 0 Å². The number of benzene rings is 1. The van der Waals surface area contributed by atoms with Gasteiger partial charge >= 0.3 is 0 Å². The molecule has 2 aromatic rings. The molecule has 2 heterocycles. The lowest BCUT2D eigenvalue weighted by molar-refractivity contribution is -0.134. The molecule has 0 spiro atoms. The average Bonchev–Trinajstić information content (AvgIpc) is 3.12. The van der Waals surface area contributed by atoms with Crippen LogP contribution < -0.4 is 20.8 Å². The van der Waals surface area contributed by atoms with E-state index in [9.17, 15) is 9.59 Å². The first kappa shape index (κ1) is 22.9. The summed E-state index contributed by atoms with van der Waals surface area (Å²) in [6.45, 7) is 4.24. The van der Waals surface area contributed by atoms with Crippen LogP contribution in [0, 0.1) is 6.92 Å². The number of nitrogens with one attached hydrogen (secondary N) is 1. The van der Waals surface area contributed by atoms with Crippen molar-refractivity contribution in [2.45, 2.75) is 33.4 Å². The Labute approximate surface area is 173 Å². The fourth-order valence-corrected chi connectivity index (χ4v) is 2.90. The summed E-state index contributed by atoms with van der Waals surface area (Å²) in [5.74, 6) is 0.498. The molecule has 0 atom stereocenters. The minimum Gasteiger partial charge on any atom is -0.497 e. The molecular formula is C20H26N4O6. The molecule has 0 saturated carbocycles. The smallest absolute Gasteiger partial charge is 0.300 e. The first-order valence-corrected chi connectivity index (χ1v) is 9.35. The normalized spacial score (nSPS) is 11.9. The number of hydrogen-bond donors (Lipinski definition) is 3. The van der Waals surface area contributed by atoms with E-state index in [0.29, 0.717) is 60.3 Å². The molecule has 4 N–H and O–H groups in total. The van der Waals surface area contributed by atoms with Gasteiger partial charge in [-0.05, 0) is 38.1 Å². The molecule has 0 aliphatic carbocycles. The second-order valence-electron chi connectivity index (χ2n) is 6.61. The number of rotatable bonds is 6. The lowest BCUT2D eigenvalue weighted by Gasteiger charge is -2.18. The number of aromatic nitrogens is 2. The van der Waals surface area contributed by atoms with Crippen LogP contribution in [0.3, 0.4) is 0 Å². The van der Waals surface area contributed by atoms with Gasteiger partial charge in [0.1, 0.15) is 17.3 Å². The van der Waals surface area contributed by atoms with Crippen molar-refractivity contribution < 1.29 is 24.2 Å². The molecule has 0 bridgehead atoms. The summed E-state index contributed by atoms with van der Waals surface area (Å²) in [6, 6.07) is 5.09. The van der Waals surface area contributed by atoms with E-state index in [4.69, 9.17) is 25.1 Å². The number of aliphatic carboxylic acids is 1. The van der Waals surface area contributed by atoms with Gasteiger partial charge in [0.25, 0.3) is 17.4 Å². The zero-order valence-corrected chi connectivity index (χ0v) is 17.2. The summed E-state index contributed by atoms with van der Waals surface area (Å²) in [5, 5.41) is 7.42. The number of carbonyl (C=O) groups is 2. The van der Waals surface area contributed by atoms with Gasteiger partial charge in [0.05, 0.1) is 43.6 Å². The van der Waals surface area contributed by atoms with Crippen LogP contribution in [0.5, 0.6) is 11.5 Å². The summed E-state index contributed by atoms with van der Waals surface area (Å²) in [4.78, 5) is 42.7. The zero-order valence-electron chi connectivity index (χ0n) is 17.2. The number of ether oxygens (including phenoxy) is 2. The largest absolute Gasteiger partial charge is 0.497 e. The molecule has 10 nitrogen and oxygen atoms in total. The van der Waals surface area contributed by atoms with Gasteiger partial charge in [-0.1, -0.05) is 0 Å². The van der Waals surface area contributed by atoms with E-state index in [-0.39, 0.29) is 18.0 Å². The van der Waals surface area contributed by atoms with Gasteiger partial charge in [-0.3, -0.25) is 14.4 Å². The maximum atomic E-state index is 13.1. The lowest BCUT2D eigenvalue weighted by atomic mass is 10.1. The van der Waals surface area contributed by atoms with Crippen LogP contribution in [0.15, 0.2) is 23.0 Å². The van der Waals surface area contributed by atoms with Crippen molar-refractivity contribution in [2.75, 3.05) is 20.3 Å². The van der Waals surface area contributed by atoms with E-state index in [0.717, 1.165) is 6.92 Å². The van der Waals surface area contributed by atoms with E-state index in [1.165, 1.54) is 7.11 Å². The Morgan fingerprint density at radius 3 is 2.67 bits per heavy atom. The molecule has 1 amide bonds. The number of nitrogens with two attached hydrogens (primary N) is 1. The van der Waals surface area contributed by atoms with Gasteiger partial charge < -0.3 is 30.2 Å². The second kappa shape index (κ2) is 10.4. The Morgan fingerprint density at radius 1 is 1.33 bits per heavy atom. The highest BCUT2D eigenvalue weighted by atomic mass is 16.5. The predicted octanol–water partition coefficient (Wildman–Crippen LogP) is 1.06. The summed E-state index contributed by atoms with van der Waals surface area (Å²) < 4.78 is 10.9. The first-order valence-electron chi connectivity index (χ1n) is 9.35. The number of nitrogens with zero attached hydrogens (tertiary/aromatic N) is 2. The number of hydrogen-bond acceptors (Lipinski definition) is 7. The Morgan fingerprint density at radius 2 is 2.03 bits per heavy atom. The number of carboxylic acids is 1. The van der Waals surface area contributed by atoms with Crippen LogP contribution in [0.25, 0.3) is 0 Å². The number of aromatic amines is 1. The van der Waals surface area contributed by atoms with Crippen LogP contribution >= 0.6 is 0 Å². The fraction of sp³-hybridized carbons (Fsp3) is 0.400. The number of aryl methyl sites for hydroxylation is 1. The Kier molecular flexibility index (Phi) is 7.93.